The standard InChI is InChI=1S/C10H9F3N4/c1-17-3-2-15-9(17)7-4-6(10(11,12)13)5-8(14)16-7/h2-5H,1H3,(H2,14,16). The number of nitrogens with two attached hydrogens (primary N) is 1. The summed E-state index contributed by atoms with van der Waals surface area (Å²) in [5.74, 6) is 0.153. The minimum Gasteiger partial charge on any atom is -0.384 e. The largest absolute Gasteiger partial charge is 0.416 e. The van der Waals surface area contributed by atoms with Crippen molar-refractivity contribution in [3.63, 3.8) is 0 Å². The highest BCUT2D eigenvalue weighted by Gasteiger charge is 2.31. The van der Waals surface area contributed by atoms with Crippen molar-refractivity contribution in [1.82, 2.24) is 14.5 Å². The number of hydrogen-bond donors (Lipinski definition) is 1. The SMILES string of the molecule is Cn1ccnc1-c1cc(C(F)(F)F)cc(N)n1. The summed E-state index contributed by atoms with van der Waals surface area (Å²) in [5.41, 5.74) is 4.64. The topological polar surface area (TPSA) is 56.7 Å². The highest BCUT2D eigenvalue weighted by Crippen LogP contribution is 2.32. The van der Waals surface area contributed by atoms with Crippen LogP contribution < -0.4 is 5.73 Å². The van der Waals surface area contributed by atoms with Gasteiger partial charge in [0.05, 0.1) is 5.56 Å². The van der Waals surface area contributed by atoms with E-state index in [1.54, 1.807) is 17.8 Å². The number of imidazole rings is 1. The summed E-state index contributed by atoms with van der Waals surface area (Å²) in [7, 11) is 1.67. The van der Waals surface area contributed by atoms with Gasteiger partial charge >= 0.3 is 6.18 Å². The summed E-state index contributed by atoms with van der Waals surface area (Å²) < 4.78 is 39.3. The highest BCUT2D eigenvalue weighted by atomic mass is 19.4. The molecule has 0 unspecified atom stereocenters. The summed E-state index contributed by atoms with van der Waals surface area (Å²) >= 11 is 0. The summed E-state index contributed by atoms with van der Waals surface area (Å²) in [4.78, 5) is 7.77. The first-order chi connectivity index (χ1) is 7.88. The van der Waals surface area contributed by atoms with Gasteiger partial charge in [-0.2, -0.15) is 13.2 Å². The quantitative estimate of drug-likeness (QED) is 0.832. The summed E-state index contributed by atoms with van der Waals surface area (Å²) in [5, 5.41) is 0. The maximum atomic E-state index is 12.6. The monoisotopic (exact) mass is 242 g/mol. The first-order valence-electron chi connectivity index (χ1n) is 4.70. The third kappa shape index (κ3) is 2.22. The second kappa shape index (κ2) is 3.76. The van der Waals surface area contributed by atoms with E-state index in [1.165, 1.54) is 6.20 Å². The lowest BCUT2D eigenvalue weighted by atomic mass is 10.2. The first kappa shape index (κ1) is 11.4. The van der Waals surface area contributed by atoms with Gasteiger partial charge < -0.3 is 10.3 Å². The molecule has 0 aliphatic carbocycles. The van der Waals surface area contributed by atoms with Crippen LogP contribution in [0, 0.1) is 0 Å². The van der Waals surface area contributed by atoms with Crippen LogP contribution in [0.5, 0.6) is 0 Å². The Balaban J connectivity index is 2.57. The molecule has 0 aliphatic rings. The fourth-order valence-corrected chi connectivity index (χ4v) is 1.44. The number of nitrogens with zero attached hydrogens (tertiary/aromatic N) is 3. The first-order valence-corrected chi connectivity index (χ1v) is 4.70. The number of halogens is 3. The molecule has 17 heavy (non-hydrogen) atoms. The third-order valence-electron chi connectivity index (χ3n) is 2.22. The predicted octanol–water partition coefficient (Wildman–Crippen LogP) is 2.08. The van der Waals surface area contributed by atoms with Crippen LogP contribution in [-0.2, 0) is 13.2 Å². The second-order valence-electron chi connectivity index (χ2n) is 3.53. The molecule has 0 bridgehead atoms. The van der Waals surface area contributed by atoms with Gasteiger partial charge in [-0.3, -0.25) is 0 Å². The van der Waals surface area contributed by atoms with Crippen LogP contribution in [-0.4, -0.2) is 14.5 Å². The van der Waals surface area contributed by atoms with Crippen molar-refractivity contribution in [2.75, 3.05) is 5.73 Å². The Bertz CT molecular complexity index is 545. The van der Waals surface area contributed by atoms with E-state index in [9.17, 15) is 13.2 Å². The Morgan fingerprint density at radius 3 is 2.53 bits per heavy atom. The molecule has 0 atom stereocenters. The fourth-order valence-electron chi connectivity index (χ4n) is 1.44. The Morgan fingerprint density at radius 1 is 1.29 bits per heavy atom. The molecule has 2 aromatic heterocycles. The number of aryl methyl sites for hydroxylation is 1. The molecule has 7 heteroatoms. The van der Waals surface area contributed by atoms with Crippen molar-refractivity contribution in [3.05, 3.63) is 30.1 Å². The van der Waals surface area contributed by atoms with E-state index in [-0.39, 0.29) is 11.5 Å². The molecule has 2 heterocycles. The van der Waals surface area contributed by atoms with Gasteiger partial charge in [0.15, 0.2) is 5.82 Å². The summed E-state index contributed by atoms with van der Waals surface area (Å²) in [6, 6.07) is 1.73. The summed E-state index contributed by atoms with van der Waals surface area (Å²) in [6.45, 7) is 0. The van der Waals surface area contributed by atoms with Crippen LogP contribution in [0.1, 0.15) is 5.56 Å². The molecular weight excluding hydrogens is 233 g/mol. The molecule has 0 saturated carbocycles. The van der Waals surface area contributed by atoms with Gasteiger partial charge in [-0.15, -0.1) is 0 Å². The van der Waals surface area contributed by atoms with Crippen molar-refractivity contribution in [1.29, 1.82) is 0 Å². The highest BCUT2D eigenvalue weighted by molar-refractivity contribution is 5.55. The summed E-state index contributed by atoms with van der Waals surface area (Å²) in [6.07, 6.45) is -1.35. The van der Waals surface area contributed by atoms with E-state index in [0.29, 0.717) is 5.82 Å². The number of alkyl halides is 3. The molecule has 0 saturated heterocycles. The maximum absolute atomic E-state index is 12.6. The molecule has 0 fully saturated rings. The van der Waals surface area contributed by atoms with E-state index >= 15 is 0 Å². The zero-order valence-electron chi connectivity index (χ0n) is 8.86. The normalized spacial score (nSPS) is 11.8. The molecule has 0 aromatic carbocycles. The lowest BCUT2D eigenvalue weighted by Gasteiger charge is -2.09. The molecule has 2 N–H and O–H groups in total. The van der Waals surface area contributed by atoms with Crippen LogP contribution in [0.2, 0.25) is 0 Å². The van der Waals surface area contributed by atoms with Crippen molar-refractivity contribution >= 4 is 5.82 Å². The molecule has 0 aliphatic heterocycles. The smallest absolute Gasteiger partial charge is 0.384 e. The number of anilines is 1. The van der Waals surface area contributed by atoms with Crippen LogP contribution in [0.25, 0.3) is 11.5 Å². The van der Waals surface area contributed by atoms with Crippen LogP contribution in [0.15, 0.2) is 24.5 Å². The molecule has 2 aromatic rings. The molecule has 0 radical (unpaired) electrons. The predicted molar refractivity (Wildman–Crippen MR) is 55.9 cm³/mol. The van der Waals surface area contributed by atoms with Crippen LogP contribution in [0.3, 0.4) is 0 Å². The Hall–Kier alpha value is -2.05. The van der Waals surface area contributed by atoms with Gasteiger partial charge in [0.2, 0.25) is 0 Å². The minimum absolute atomic E-state index is 0.102. The van der Waals surface area contributed by atoms with Crippen molar-refractivity contribution in [2.24, 2.45) is 7.05 Å². The zero-order valence-corrected chi connectivity index (χ0v) is 8.86. The molecule has 0 spiro atoms. The zero-order chi connectivity index (χ0) is 12.6. The number of nitrogen functional groups attached to an aromatic ring is 1. The number of rotatable bonds is 1. The Morgan fingerprint density at radius 2 is 2.00 bits per heavy atom. The van der Waals surface area contributed by atoms with Gasteiger partial charge in [0, 0.05) is 19.4 Å². The lowest BCUT2D eigenvalue weighted by Crippen LogP contribution is -2.08. The van der Waals surface area contributed by atoms with E-state index in [4.69, 9.17) is 5.73 Å². The Labute approximate surface area is 94.9 Å². The van der Waals surface area contributed by atoms with E-state index in [1.807, 2.05) is 0 Å². The molecule has 2 rings (SSSR count). The van der Waals surface area contributed by atoms with Gasteiger partial charge in [-0.1, -0.05) is 0 Å². The molecular formula is C10H9F3N4. The van der Waals surface area contributed by atoms with Crippen molar-refractivity contribution in [3.8, 4) is 11.5 Å². The minimum atomic E-state index is -4.45. The molecule has 4 nitrogen and oxygen atoms in total. The third-order valence-corrected chi connectivity index (χ3v) is 2.22. The number of pyridine rings is 1. The van der Waals surface area contributed by atoms with E-state index < -0.39 is 11.7 Å². The number of aromatic nitrogens is 3. The Kier molecular flexibility index (Phi) is 2.53. The van der Waals surface area contributed by atoms with Crippen LogP contribution >= 0.6 is 0 Å². The fraction of sp³-hybridized carbons (Fsp3) is 0.200. The van der Waals surface area contributed by atoms with Gasteiger partial charge in [0.25, 0.3) is 0 Å². The van der Waals surface area contributed by atoms with E-state index in [2.05, 4.69) is 9.97 Å². The van der Waals surface area contributed by atoms with Gasteiger partial charge in [0.1, 0.15) is 11.5 Å². The molecule has 90 valence electrons. The second-order valence-corrected chi connectivity index (χ2v) is 3.53. The van der Waals surface area contributed by atoms with Crippen LogP contribution in [0.4, 0.5) is 19.0 Å². The maximum Gasteiger partial charge on any atom is 0.416 e. The van der Waals surface area contributed by atoms with Gasteiger partial charge in [-0.25, -0.2) is 9.97 Å². The molecule has 0 amide bonds. The van der Waals surface area contributed by atoms with Gasteiger partial charge in [-0.05, 0) is 12.1 Å². The number of hydrogen-bond acceptors (Lipinski definition) is 3. The van der Waals surface area contributed by atoms with E-state index in [0.717, 1.165) is 12.1 Å². The average molecular weight is 242 g/mol. The average Bonchev–Trinajstić information content (AvgIpc) is 2.62. The van der Waals surface area contributed by atoms with Crippen molar-refractivity contribution in [2.45, 2.75) is 6.18 Å². The van der Waals surface area contributed by atoms with Crippen molar-refractivity contribution < 1.29 is 13.2 Å². The lowest BCUT2D eigenvalue weighted by molar-refractivity contribution is -0.137.